The van der Waals surface area contributed by atoms with E-state index in [4.69, 9.17) is 9.15 Å². The van der Waals surface area contributed by atoms with Crippen molar-refractivity contribution in [3.63, 3.8) is 0 Å². The molecule has 310 valence electrons. The Hall–Kier alpha value is -5.91. The third kappa shape index (κ3) is 10.5. The molecule has 1 saturated heterocycles. The van der Waals surface area contributed by atoms with E-state index in [1.54, 1.807) is 84.1 Å². The lowest BCUT2D eigenvalue weighted by Crippen LogP contribution is -2.58. The molecule has 58 heavy (non-hydrogen) atoms. The maximum Gasteiger partial charge on any atom is 0.408 e. The van der Waals surface area contributed by atoms with Gasteiger partial charge in [0.15, 0.2) is 11.4 Å². The van der Waals surface area contributed by atoms with Crippen molar-refractivity contribution in [2.24, 2.45) is 11.3 Å². The molecule has 1 saturated carbocycles. The van der Waals surface area contributed by atoms with Crippen molar-refractivity contribution in [2.75, 3.05) is 23.7 Å². The molecule has 4 aromatic rings. The highest BCUT2D eigenvalue weighted by Gasteiger charge is 2.45. The molecule has 5 N–H and O–H groups in total. The number of pyridine rings is 1. The second-order valence-electron chi connectivity index (χ2n) is 16.6. The van der Waals surface area contributed by atoms with Crippen molar-refractivity contribution in [3.05, 3.63) is 72.0 Å². The van der Waals surface area contributed by atoms with Gasteiger partial charge in [0.05, 0.1) is 23.7 Å². The topological polar surface area (TPSA) is 206 Å². The number of halogens is 2. The van der Waals surface area contributed by atoms with Gasteiger partial charge in [0.2, 0.25) is 17.7 Å². The van der Waals surface area contributed by atoms with Crippen LogP contribution in [0.4, 0.5) is 25.1 Å². The smallest absolute Gasteiger partial charge is 0.408 e. The van der Waals surface area contributed by atoms with E-state index in [-0.39, 0.29) is 36.8 Å². The highest BCUT2D eigenvalue weighted by Crippen LogP contribution is 2.31. The summed E-state index contributed by atoms with van der Waals surface area (Å²) in [6, 6.07) is 7.93. The molecule has 4 amide bonds. The summed E-state index contributed by atoms with van der Waals surface area (Å²) in [5.74, 6) is -0.352. The minimum Gasteiger partial charge on any atom is -0.444 e. The van der Waals surface area contributed by atoms with Crippen LogP contribution in [0.25, 0.3) is 17.1 Å². The second kappa shape index (κ2) is 16.9. The lowest BCUT2D eigenvalue weighted by atomic mass is 9.85. The minimum absolute atomic E-state index is 0.00584. The fraction of sp³-hybridized carbons (Fsp3) is 0.475. The predicted octanol–water partition coefficient (Wildman–Crippen LogP) is 5.45. The number of rotatable bonds is 13. The summed E-state index contributed by atoms with van der Waals surface area (Å²) in [7, 11) is 0. The lowest BCUT2D eigenvalue weighted by Gasteiger charge is -2.35. The maximum absolute atomic E-state index is 14.1. The Kier molecular flexibility index (Phi) is 12.2. The number of ether oxygens (including phenoxy) is 1. The summed E-state index contributed by atoms with van der Waals surface area (Å²) in [6.45, 7) is 11.2. The van der Waals surface area contributed by atoms with Crippen LogP contribution in [0.15, 0.2) is 59.5 Å². The number of aliphatic hydroxyl groups excluding tert-OH is 1. The summed E-state index contributed by atoms with van der Waals surface area (Å²) in [5.41, 5.74) is -0.909. The Balaban J connectivity index is 1.07. The summed E-state index contributed by atoms with van der Waals surface area (Å²) < 4.78 is 40.3. The molecule has 4 heterocycles. The Bertz CT molecular complexity index is 2120. The van der Waals surface area contributed by atoms with E-state index in [1.165, 1.54) is 28.6 Å². The number of carbonyl (C=O) groups is 4. The molecule has 6 rings (SSSR count). The number of amides is 4. The van der Waals surface area contributed by atoms with E-state index < -0.39 is 65.1 Å². The highest BCUT2D eigenvalue weighted by atomic mass is 19.3. The molecule has 3 atom stereocenters. The quantitative estimate of drug-likeness (QED) is 0.115. The van der Waals surface area contributed by atoms with Gasteiger partial charge in [-0.1, -0.05) is 32.9 Å². The van der Waals surface area contributed by atoms with Gasteiger partial charge in [0, 0.05) is 37.8 Å². The van der Waals surface area contributed by atoms with E-state index in [0.717, 1.165) is 12.8 Å². The molecule has 1 aromatic carbocycles. The zero-order chi connectivity index (χ0) is 41.9. The van der Waals surface area contributed by atoms with Crippen LogP contribution in [0.3, 0.4) is 0 Å². The van der Waals surface area contributed by atoms with Crippen LogP contribution < -0.4 is 21.3 Å². The molecular weight excluding hydrogens is 756 g/mol. The van der Waals surface area contributed by atoms with Crippen molar-refractivity contribution >= 4 is 35.3 Å². The first-order chi connectivity index (χ1) is 27.3. The molecule has 0 bridgehead atoms. The van der Waals surface area contributed by atoms with Gasteiger partial charge >= 0.3 is 6.09 Å². The summed E-state index contributed by atoms with van der Waals surface area (Å²) in [6.07, 6.45) is 1.64. The summed E-state index contributed by atoms with van der Waals surface area (Å²) in [4.78, 5) is 62.7. The van der Waals surface area contributed by atoms with Crippen molar-refractivity contribution in [2.45, 2.75) is 97.6 Å². The third-order valence-corrected chi connectivity index (χ3v) is 9.52. The predicted molar refractivity (Wildman–Crippen MR) is 208 cm³/mol. The van der Waals surface area contributed by atoms with Crippen LogP contribution in [-0.2, 0) is 20.9 Å². The number of hydrogen-bond acceptors (Lipinski definition) is 11. The molecule has 1 aliphatic carbocycles. The zero-order valence-corrected chi connectivity index (χ0v) is 33.2. The first-order valence-electron chi connectivity index (χ1n) is 19.0. The minimum atomic E-state index is -3.01. The third-order valence-electron chi connectivity index (χ3n) is 9.52. The van der Waals surface area contributed by atoms with Gasteiger partial charge in [-0.3, -0.25) is 14.4 Å². The van der Waals surface area contributed by atoms with Gasteiger partial charge in [-0.05, 0) is 74.8 Å². The van der Waals surface area contributed by atoms with E-state index in [9.17, 15) is 33.1 Å². The van der Waals surface area contributed by atoms with Crippen LogP contribution >= 0.6 is 0 Å². The van der Waals surface area contributed by atoms with Crippen LogP contribution in [0.1, 0.15) is 89.0 Å². The SMILES string of the molecule is CC(C)(C)OC(=O)NC(C(=O)N1C[C@H](O)C[C@H]1C(=O)NCc1ccc(-n2cc(NC(=O)c3coc(-c4ccnc(NCC5CC5)c4)n3)c(C(F)F)n2)cc1)C(C)(C)C. The lowest BCUT2D eigenvalue weighted by molar-refractivity contribution is -0.142. The van der Waals surface area contributed by atoms with Gasteiger partial charge in [-0.25, -0.2) is 28.2 Å². The number of anilines is 2. The number of carbonyl (C=O) groups excluding carboxylic acids is 4. The van der Waals surface area contributed by atoms with E-state index in [0.29, 0.717) is 28.6 Å². The number of β-amino-alcohol motifs (C(OH)–C–C–N with tert-alkyl or cyclic N) is 1. The largest absolute Gasteiger partial charge is 0.444 e. The fourth-order valence-electron chi connectivity index (χ4n) is 6.32. The van der Waals surface area contributed by atoms with Gasteiger partial charge in [0.25, 0.3) is 12.3 Å². The van der Waals surface area contributed by atoms with Crippen molar-refractivity contribution in [1.82, 2.24) is 35.3 Å². The summed E-state index contributed by atoms with van der Waals surface area (Å²) >= 11 is 0. The normalized spacial score (nSPS) is 17.5. The number of nitrogens with zero attached hydrogens (tertiary/aromatic N) is 5. The van der Waals surface area contributed by atoms with Crippen molar-refractivity contribution in [3.8, 4) is 17.1 Å². The van der Waals surface area contributed by atoms with E-state index in [2.05, 4.69) is 36.3 Å². The zero-order valence-electron chi connectivity index (χ0n) is 33.2. The molecule has 16 nitrogen and oxygen atoms in total. The first-order valence-corrected chi connectivity index (χ1v) is 19.0. The van der Waals surface area contributed by atoms with Gasteiger partial charge in [-0.15, -0.1) is 0 Å². The molecule has 1 aliphatic heterocycles. The van der Waals surface area contributed by atoms with E-state index >= 15 is 0 Å². The number of alkyl halides is 2. The average molecular weight is 806 g/mol. The van der Waals surface area contributed by atoms with Gasteiger partial charge < -0.3 is 40.4 Å². The highest BCUT2D eigenvalue weighted by molar-refractivity contribution is 6.03. The first kappa shape index (κ1) is 41.7. The number of oxazole rings is 1. The molecular formula is C40H49F2N9O7. The summed E-state index contributed by atoms with van der Waals surface area (Å²) in [5, 5.41) is 25.7. The number of alkyl carbamates (subject to hydrolysis) is 1. The van der Waals surface area contributed by atoms with Crippen LogP contribution in [-0.4, -0.2) is 90.4 Å². The maximum atomic E-state index is 14.1. The monoisotopic (exact) mass is 805 g/mol. The standard InChI is InChI=1S/C40H49F2N9O7/c1-39(2,3)32(48-38(56)58-40(4,5)6)37(55)50-19-26(52)16-29(50)35(54)45-18-23-9-11-25(12-10-23)51-20-27(31(49-51)33(41)42)46-34(53)28-21-57-36(47-28)24-13-14-43-30(15-24)44-17-22-7-8-22/h9-15,20-22,26,29,32-33,52H,7-8,16-19H2,1-6H3,(H,43,44)(H,45,54)(H,46,53)(H,48,56)/t26-,29+,32?/m1/s1. The van der Waals surface area contributed by atoms with Gasteiger partial charge in [-0.2, -0.15) is 5.10 Å². The van der Waals surface area contributed by atoms with Gasteiger partial charge in [0.1, 0.15) is 29.8 Å². The molecule has 0 radical (unpaired) electrons. The van der Waals surface area contributed by atoms with Crippen LogP contribution in [0, 0.1) is 11.3 Å². The molecule has 18 heteroatoms. The second-order valence-corrected chi connectivity index (χ2v) is 16.6. The van der Waals surface area contributed by atoms with Crippen LogP contribution in [0.5, 0.6) is 0 Å². The number of likely N-dealkylation sites (tertiary alicyclic amines) is 1. The number of nitrogens with one attached hydrogen (secondary N) is 4. The average Bonchev–Trinajstić information content (AvgIpc) is 3.49. The van der Waals surface area contributed by atoms with E-state index in [1.807, 2.05) is 0 Å². The Morgan fingerprint density at radius 2 is 1.78 bits per heavy atom. The molecule has 0 spiro atoms. The molecule has 1 unspecified atom stereocenters. The van der Waals surface area contributed by atoms with Crippen molar-refractivity contribution in [1.29, 1.82) is 0 Å². The fourth-order valence-corrected chi connectivity index (χ4v) is 6.32. The number of aromatic nitrogens is 4. The number of benzene rings is 1. The molecule has 2 fully saturated rings. The Morgan fingerprint density at radius 1 is 1.05 bits per heavy atom. The molecule has 2 aliphatic rings. The molecule has 3 aromatic heterocycles. The number of hydrogen-bond donors (Lipinski definition) is 5. The Labute approximate surface area is 334 Å². The Morgan fingerprint density at radius 3 is 2.43 bits per heavy atom. The van der Waals surface area contributed by atoms with Crippen LogP contribution in [0.2, 0.25) is 0 Å². The number of aliphatic hydroxyl groups is 1. The van der Waals surface area contributed by atoms with Crippen molar-refractivity contribution < 1.29 is 42.2 Å².